The zero-order chi connectivity index (χ0) is 22.2. The summed E-state index contributed by atoms with van der Waals surface area (Å²) < 4.78 is 8.26. The van der Waals surface area contributed by atoms with Gasteiger partial charge in [0.15, 0.2) is 8.15 Å². The highest BCUT2D eigenvalue weighted by Crippen LogP contribution is 2.38. The lowest BCUT2D eigenvalue weighted by Crippen LogP contribution is -2.19. The van der Waals surface area contributed by atoms with Crippen molar-refractivity contribution in [2.24, 2.45) is 0 Å². The van der Waals surface area contributed by atoms with Crippen LogP contribution in [-0.2, 0) is 0 Å². The van der Waals surface area contributed by atoms with Crippen molar-refractivity contribution in [3.05, 3.63) is 120 Å². The van der Waals surface area contributed by atoms with Gasteiger partial charge in [-0.3, -0.25) is 9.20 Å². The van der Waals surface area contributed by atoms with Gasteiger partial charge in [-0.15, -0.1) is 0 Å². The quantitative estimate of drug-likeness (QED) is 0.221. The van der Waals surface area contributed by atoms with Gasteiger partial charge in [0.1, 0.15) is 0 Å². The lowest BCUT2D eigenvalue weighted by Gasteiger charge is -2.20. The van der Waals surface area contributed by atoms with E-state index in [1.54, 1.807) is 10.5 Å². The van der Waals surface area contributed by atoms with Crippen LogP contribution in [0.25, 0.3) is 27.6 Å². The molecule has 0 bridgehead atoms. The Bertz CT molecular complexity index is 1630. The van der Waals surface area contributed by atoms with Crippen LogP contribution >= 0.6 is 8.15 Å². The fraction of sp³-hybridized carbons (Fsp3) is 0. The van der Waals surface area contributed by atoms with Crippen LogP contribution in [0.15, 0.2) is 114 Å². The van der Waals surface area contributed by atoms with Crippen LogP contribution in [0.2, 0.25) is 0 Å². The molecule has 0 spiro atoms. The first-order valence-electron chi connectivity index (χ1n) is 10.6. The van der Waals surface area contributed by atoms with Gasteiger partial charge in [-0.1, -0.05) is 84.9 Å². The summed E-state index contributed by atoms with van der Waals surface area (Å²) in [5, 5.41) is 2.66. The highest BCUT2D eigenvalue weighted by molar-refractivity contribution is 7.68. The van der Waals surface area contributed by atoms with E-state index in [1.165, 1.54) is 0 Å². The number of para-hydroxylation sites is 3. The second kappa shape index (κ2) is 8.12. The van der Waals surface area contributed by atoms with Gasteiger partial charge >= 0.3 is 0 Å². The van der Waals surface area contributed by atoms with E-state index in [-0.39, 0.29) is 5.56 Å². The summed E-state index contributed by atoms with van der Waals surface area (Å²) in [6, 6.07) is 35.1. The van der Waals surface area contributed by atoms with Crippen molar-refractivity contribution in [3.63, 3.8) is 0 Å². The molecule has 0 atom stereocenters. The molecule has 6 aromatic rings. The van der Waals surface area contributed by atoms with Crippen molar-refractivity contribution in [2.45, 2.75) is 0 Å². The van der Waals surface area contributed by atoms with Crippen LogP contribution in [0, 0.1) is 0 Å². The molecule has 0 saturated carbocycles. The van der Waals surface area contributed by atoms with E-state index in [0.717, 1.165) is 10.6 Å². The summed E-state index contributed by atoms with van der Waals surface area (Å²) in [7, 11) is -1.23. The largest absolute Gasteiger partial charge is 0.444 e. The number of benzene rings is 4. The summed E-state index contributed by atoms with van der Waals surface area (Å²) in [4.78, 5) is 23.2. The topological polar surface area (TPSA) is 56.5 Å². The normalized spacial score (nSPS) is 11.4. The van der Waals surface area contributed by atoms with E-state index in [0.29, 0.717) is 33.5 Å². The van der Waals surface area contributed by atoms with Crippen LogP contribution in [0.5, 0.6) is 5.88 Å². The molecule has 2 heterocycles. The van der Waals surface area contributed by atoms with Gasteiger partial charge < -0.3 is 4.52 Å². The average Bonchev–Trinajstić information content (AvgIpc) is 2.88. The third-order valence-corrected chi connectivity index (χ3v) is 7.36. The van der Waals surface area contributed by atoms with Crippen LogP contribution in [0.1, 0.15) is 0 Å². The summed E-state index contributed by atoms with van der Waals surface area (Å²) in [5.74, 6) is 0.343. The van der Waals surface area contributed by atoms with Gasteiger partial charge in [0, 0.05) is 10.6 Å². The van der Waals surface area contributed by atoms with E-state index in [1.807, 2.05) is 78.9 Å². The molecule has 0 fully saturated rings. The van der Waals surface area contributed by atoms with E-state index >= 15 is 0 Å². The molecule has 0 amide bonds. The minimum absolute atomic E-state index is 0.136. The smallest absolute Gasteiger partial charge is 0.266 e. The predicted molar refractivity (Wildman–Crippen MR) is 134 cm³/mol. The maximum absolute atomic E-state index is 13.5. The first kappa shape index (κ1) is 19.6. The maximum atomic E-state index is 13.5. The van der Waals surface area contributed by atoms with Gasteiger partial charge in [0.05, 0.1) is 21.9 Å². The molecule has 0 aliphatic rings. The number of aromatic nitrogens is 3. The average molecular weight is 447 g/mol. The van der Waals surface area contributed by atoms with Crippen LogP contribution in [-0.4, -0.2) is 14.4 Å². The molecule has 0 unspecified atom stereocenters. The Morgan fingerprint density at radius 2 is 1.21 bits per heavy atom. The van der Waals surface area contributed by atoms with E-state index in [4.69, 9.17) is 14.5 Å². The van der Waals surface area contributed by atoms with Crippen molar-refractivity contribution < 1.29 is 4.52 Å². The molecule has 0 aliphatic carbocycles. The Balaban J connectivity index is 1.65. The number of fused-ring (bicyclic) bond motifs is 4. The molecule has 4 aromatic carbocycles. The Morgan fingerprint density at radius 3 is 1.91 bits per heavy atom. The monoisotopic (exact) mass is 447 g/mol. The third-order valence-electron chi connectivity index (χ3n) is 5.47. The maximum Gasteiger partial charge on any atom is 0.266 e. The Hall–Kier alpha value is -4.08. The molecule has 6 heteroatoms. The summed E-state index contributed by atoms with van der Waals surface area (Å²) in [5.41, 5.74) is 2.27. The molecule has 6 rings (SSSR count). The SMILES string of the molecule is O=c1c2ccccc2nc2c(OP(c3ccccc3)c3ccccc3)nc3ccccc3n12. The number of hydrogen-bond acceptors (Lipinski definition) is 4. The number of nitrogens with zero attached hydrogens (tertiary/aromatic N) is 3. The second-order valence-electron chi connectivity index (χ2n) is 7.56. The Morgan fingerprint density at radius 1 is 0.636 bits per heavy atom. The molecule has 33 heavy (non-hydrogen) atoms. The zero-order valence-electron chi connectivity index (χ0n) is 17.5. The van der Waals surface area contributed by atoms with Crippen molar-refractivity contribution >= 4 is 46.3 Å². The predicted octanol–water partition coefficient (Wildman–Crippen LogP) is 4.82. The summed E-state index contributed by atoms with van der Waals surface area (Å²) in [6.45, 7) is 0. The van der Waals surface area contributed by atoms with Gasteiger partial charge in [-0.05, 0) is 24.3 Å². The fourth-order valence-corrected chi connectivity index (χ4v) is 5.63. The van der Waals surface area contributed by atoms with Gasteiger partial charge in [0.25, 0.3) is 11.4 Å². The minimum Gasteiger partial charge on any atom is -0.444 e. The molecule has 0 N–H and O–H groups in total. The summed E-state index contributed by atoms with van der Waals surface area (Å²) in [6.07, 6.45) is 0. The van der Waals surface area contributed by atoms with Crippen LogP contribution < -0.4 is 20.7 Å². The van der Waals surface area contributed by atoms with Gasteiger partial charge in [0.2, 0.25) is 5.65 Å². The highest BCUT2D eigenvalue weighted by Gasteiger charge is 2.22. The second-order valence-corrected chi connectivity index (χ2v) is 9.36. The lowest BCUT2D eigenvalue weighted by molar-refractivity contribution is 0.605. The van der Waals surface area contributed by atoms with Gasteiger partial charge in [-0.25, -0.2) is 9.97 Å². The third kappa shape index (κ3) is 3.43. The molecule has 0 radical (unpaired) electrons. The first-order valence-corrected chi connectivity index (χ1v) is 11.8. The molecule has 0 aliphatic heterocycles. The van der Waals surface area contributed by atoms with Crippen LogP contribution in [0.4, 0.5) is 0 Å². The molecular formula is C27H18N3O2P. The Kier molecular flexibility index (Phi) is 4.82. The van der Waals surface area contributed by atoms with Gasteiger partial charge in [-0.2, -0.15) is 0 Å². The van der Waals surface area contributed by atoms with E-state index in [2.05, 4.69) is 24.3 Å². The number of rotatable bonds is 4. The minimum atomic E-state index is -1.23. The van der Waals surface area contributed by atoms with Crippen molar-refractivity contribution in [2.75, 3.05) is 0 Å². The van der Waals surface area contributed by atoms with E-state index < -0.39 is 8.15 Å². The molecule has 5 nitrogen and oxygen atoms in total. The molecule has 158 valence electrons. The highest BCUT2D eigenvalue weighted by atomic mass is 31.1. The summed E-state index contributed by atoms with van der Waals surface area (Å²) >= 11 is 0. The van der Waals surface area contributed by atoms with Crippen molar-refractivity contribution in [3.8, 4) is 5.88 Å². The molecular weight excluding hydrogens is 429 g/mol. The van der Waals surface area contributed by atoms with Crippen molar-refractivity contribution in [1.82, 2.24) is 14.4 Å². The molecule has 0 saturated heterocycles. The molecule has 2 aromatic heterocycles. The standard InChI is InChI=1S/C27H18N3O2P/c31-27-21-15-7-8-16-22(21)28-25-26(29-23-17-9-10-18-24(23)30(25)27)32-33(19-11-3-1-4-12-19)20-13-5-2-6-14-20/h1-18H. The van der Waals surface area contributed by atoms with Crippen molar-refractivity contribution in [1.29, 1.82) is 0 Å². The fourth-order valence-electron chi connectivity index (χ4n) is 3.94. The van der Waals surface area contributed by atoms with Crippen LogP contribution in [0.3, 0.4) is 0 Å². The number of hydrogen-bond donors (Lipinski definition) is 0. The zero-order valence-corrected chi connectivity index (χ0v) is 18.4. The first-order chi connectivity index (χ1) is 16.3. The lowest BCUT2D eigenvalue weighted by atomic mass is 10.2. The van der Waals surface area contributed by atoms with E-state index in [9.17, 15) is 4.79 Å². The Labute approximate surface area is 190 Å².